The fraction of sp³-hybridized carbons (Fsp3) is 0.500. The number of amides is 1. The van der Waals surface area contributed by atoms with Gasteiger partial charge in [-0.2, -0.15) is 5.10 Å². The first-order valence-electron chi connectivity index (χ1n) is 7.69. The van der Waals surface area contributed by atoms with Crippen molar-refractivity contribution in [1.29, 1.82) is 0 Å². The summed E-state index contributed by atoms with van der Waals surface area (Å²) in [5.74, 6) is 0.0942. The van der Waals surface area contributed by atoms with Gasteiger partial charge in [-0.3, -0.25) is 14.4 Å². The zero-order chi connectivity index (χ0) is 15.5. The zero-order valence-electron chi connectivity index (χ0n) is 13.0. The lowest BCUT2D eigenvalue weighted by molar-refractivity contribution is -0.123. The van der Waals surface area contributed by atoms with Crippen molar-refractivity contribution in [2.24, 2.45) is 7.05 Å². The summed E-state index contributed by atoms with van der Waals surface area (Å²) in [6.07, 6.45) is 6.19. The lowest BCUT2D eigenvalue weighted by Crippen LogP contribution is -2.37. The molecule has 118 valence electrons. The summed E-state index contributed by atoms with van der Waals surface area (Å²) in [7, 11) is 1.93. The molecule has 2 aromatic heterocycles. The SMILES string of the molecule is C[C@@H](NC(=O)CN1CCC[C@H]1c1cnn(C)c1)c1cccs1. The Hall–Kier alpha value is -1.66. The molecule has 2 aromatic rings. The van der Waals surface area contributed by atoms with Gasteiger partial charge in [-0.15, -0.1) is 11.3 Å². The van der Waals surface area contributed by atoms with Crippen LogP contribution in [0.2, 0.25) is 0 Å². The number of hydrogen-bond donors (Lipinski definition) is 1. The van der Waals surface area contributed by atoms with E-state index in [0.717, 1.165) is 19.4 Å². The first-order chi connectivity index (χ1) is 10.6. The molecule has 1 aliphatic heterocycles. The van der Waals surface area contributed by atoms with Gasteiger partial charge in [0.15, 0.2) is 0 Å². The van der Waals surface area contributed by atoms with E-state index in [1.807, 2.05) is 36.3 Å². The van der Waals surface area contributed by atoms with Crippen LogP contribution in [0.25, 0.3) is 0 Å². The van der Waals surface area contributed by atoms with Crippen LogP contribution in [0.3, 0.4) is 0 Å². The Morgan fingerprint density at radius 1 is 1.59 bits per heavy atom. The van der Waals surface area contributed by atoms with Crippen LogP contribution in [0, 0.1) is 0 Å². The third kappa shape index (κ3) is 3.39. The van der Waals surface area contributed by atoms with Gasteiger partial charge in [-0.25, -0.2) is 0 Å². The fourth-order valence-electron chi connectivity index (χ4n) is 3.09. The second-order valence-electron chi connectivity index (χ2n) is 5.88. The van der Waals surface area contributed by atoms with Crippen molar-refractivity contribution in [3.05, 3.63) is 40.3 Å². The summed E-state index contributed by atoms with van der Waals surface area (Å²) in [6.45, 7) is 3.46. The minimum absolute atomic E-state index is 0.0759. The first-order valence-corrected chi connectivity index (χ1v) is 8.57. The van der Waals surface area contributed by atoms with Gasteiger partial charge in [0.1, 0.15) is 0 Å². The van der Waals surface area contributed by atoms with Crippen LogP contribution in [-0.2, 0) is 11.8 Å². The summed E-state index contributed by atoms with van der Waals surface area (Å²) >= 11 is 1.68. The van der Waals surface area contributed by atoms with Crippen molar-refractivity contribution >= 4 is 17.2 Å². The topological polar surface area (TPSA) is 50.2 Å². The van der Waals surface area contributed by atoms with E-state index in [1.165, 1.54) is 10.4 Å². The zero-order valence-corrected chi connectivity index (χ0v) is 13.8. The molecule has 5 nitrogen and oxygen atoms in total. The molecule has 2 atom stereocenters. The van der Waals surface area contributed by atoms with Gasteiger partial charge < -0.3 is 5.32 Å². The lowest BCUT2D eigenvalue weighted by Gasteiger charge is -2.23. The second-order valence-corrected chi connectivity index (χ2v) is 6.86. The molecule has 6 heteroatoms. The molecule has 1 aliphatic rings. The Balaban J connectivity index is 1.58. The van der Waals surface area contributed by atoms with Crippen LogP contribution < -0.4 is 5.32 Å². The molecule has 0 bridgehead atoms. The van der Waals surface area contributed by atoms with Gasteiger partial charge in [-0.1, -0.05) is 6.07 Å². The van der Waals surface area contributed by atoms with Crippen LogP contribution in [-0.4, -0.2) is 33.7 Å². The number of likely N-dealkylation sites (tertiary alicyclic amines) is 1. The highest BCUT2D eigenvalue weighted by molar-refractivity contribution is 7.10. The van der Waals surface area contributed by atoms with Crippen molar-refractivity contribution in [2.75, 3.05) is 13.1 Å². The minimum Gasteiger partial charge on any atom is -0.348 e. The van der Waals surface area contributed by atoms with Crippen molar-refractivity contribution in [2.45, 2.75) is 31.8 Å². The number of hydrogen-bond acceptors (Lipinski definition) is 4. The van der Waals surface area contributed by atoms with Crippen LogP contribution >= 0.6 is 11.3 Å². The Morgan fingerprint density at radius 2 is 2.45 bits per heavy atom. The van der Waals surface area contributed by atoms with Gasteiger partial charge in [0, 0.05) is 29.7 Å². The highest BCUT2D eigenvalue weighted by Crippen LogP contribution is 2.31. The molecule has 3 heterocycles. The Kier molecular flexibility index (Phi) is 4.59. The number of nitrogens with one attached hydrogen (secondary N) is 1. The third-order valence-electron chi connectivity index (χ3n) is 4.17. The summed E-state index contributed by atoms with van der Waals surface area (Å²) in [4.78, 5) is 15.8. The number of nitrogens with zero attached hydrogens (tertiary/aromatic N) is 3. The second kappa shape index (κ2) is 6.62. The van der Waals surface area contributed by atoms with E-state index in [1.54, 1.807) is 11.3 Å². The number of carbonyl (C=O) groups is 1. The first kappa shape index (κ1) is 15.2. The van der Waals surface area contributed by atoms with Crippen molar-refractivity contribution in [1.82, 2.24) is 20.0 Å². The van der Waals surface area contributed by atoms with Gasteiger partial charge in [0.25, 0.3) is 0 Å². The predicted molar refractivity (Wildman–Crippen MR) is 87.6 cm³/mol. The molecule has 0 unspecified atom stereocenters. The van der Waals surface area contributed by atoms with E-state index in [2.05, 4.69) is 27.6 Å². The monoisotopic (exact) mass is 318 g/mol. The smallest absolute Gasteiger partial charge is 0.234 e. The molecule has 0 spiro atoms. The van der Waals surface area contributed by atoms with Gasteiger partial charge in [-0.05, 0) is 37.8 Å². The molecule has 1 N–H and O–H groups in total. The average Bonchev–Trinajstić information content (AvgIpc) is 3.18. The van der Waals surface area contributed by atoms with E-state index < -0.39 is 0 Å². The van der Waals surface area contributed by atoms with Crippen LogP contribution in [0.1, 0.15) is 42.3 Å². The molecule has 0 saturated carbocycles. The molecule has 0 aromatic carbocycles. The molecule has 1 amide bonds. The van der Waals surface area contributed by atoms with Crippen LogP contribution in [0.4, 0.5) is 0 Å². The summed E-state index contributed by atoms with van der Waals surface area (Å²) in [5.41, 5.74) is 1.21. The van der Waals surface area contributed by atoms with E-state index >= 15 is 0 Å². The van der Waals surface area contributed by atoms with Crippen molar-refractivity contribution in [3.8, 4) is 0 Å². The maximum absolute atomic E-state index is 12.3. The third-order valence-corrected chi connectivity index (χ3v) is 5.22. The molecule has 22 heavy (non-hydrogen) atoms. The molecule has 3 rings (SSSR count). The van der Waals surface area contributed by atoms with Gasteiger partial charge >= 0.3 is 0 Å². The highest BCUT2D eigenvalue weighted by Gasteiger charge is 2.28. The average molecular weight is 318 g/mol. The van der Waals surface area contributed by atoms with E-state index in [-0.39, 0.29) is 11.9 Å². The quantitative estimate of drug-likeness (QED) is 0.921. The Labute approximate surface area is 134 Å². The molecular weight excluding hydrogens is 296 g/mol. The van der Waals surface area contributed by atoms with Crippen molar-refractivity contribution < 1.29 is 4.79 Å². The standard InChI is InChI=1S/C16H22N4OS/c1-12(15-6-4-8-22-15)18-16(21)11-20-7-3-5-14(20)13-9-17-19(2)10-13/h4,6,8-10,12,14H,3,5,7,11H2,1-2H3,(H,18,21)/t12-,14+/m1/s1. The Morgan fingerprint density at radius 3 is 3.14 bits per heavy atom. The van der Waals surface area contributed by atoms with E-state index in [9.17, 15) is 4.79 Å². The summed E-state index contributed by atoms with van der Waals surface area (Å²) in [5, 5.41) is 9.38. The largest absolute Gasteiger partial charge is 0.348 e. The molecular formula is C16H22N4OS. The van der Waals surface area contributed by atoms with E-state index in [4.69, 9.17) is 0 Å². The number of carbonyl (C=O) groups excluding carboxylic acids is 1. The molecule has 0 radical (unpaired) electrons. The number of aromatic nitrogens is 2. The van der Waals surface area contributed by atoms with Gasteiger partial charge in [0.2, 0.25) is 5.91 Å². The number of aryl methyl sites for hydroxylation is 1. The Bertz CT molecular complexity index is 622. The molecule has 1 saturated heterocycles. The number of thiophene rings is 1. The highest BCUT2D eigenvalue weighted by atomic mass is 32.1. The normalized spacial score (nSPS) is 20.2. The summed E-state index contributed by atoms with van der Waals surface area (Å²) in [6, 6.07) is 4.47. The minimum atomic E-state index is 0.0759. The number of rotatable bonds is 5. The predicted octanol–water partition coefficient (Wildman–Crippen LogP) is 2.50. The fourth-order valence-corrected chi connectivity index (χ4v) is 3.82. The summed E-state index contributed by atoms with van der Waals surface area (Å²) < 4.78 is 1.82. The molecule has 0 aliphatic carbocycles. The van der Waals surface area contributed by atoms with Crippen LogP contribution in [0.15, 0.2) is 29.9 Å². The maximum Gasteiger partial charge on any atom is 0.234 e. The van der Waals surface area contributed by atoms with Gasteiger partial charge in [0.05, 0.1) is 18.8 Å². The molecule has 1 fully saturated rings. The maximum atomic E-state index is 12.3. The van der Waals surface area contributed by atoms with E-state index in [0.29, 0.717) is 12.6 Å². The lowest BCUT2D eigenvalue weighted by atomic mass is 10.1. The van der Waals surface area contributed by atoms with Crippen LogP contribution in [0.5, 0.6) is 0 Å². The van der Waals surface area contributed by atoms with Crippen molar-refractivity contribution in [3.63, 3.8) is 0 Å².